The molecule has 4 nitrogen and oxygen atoms in total. The highest BCUT2D eigenvalue weighted by atomic mass is 79.9. The summed E-state index contributed by atoms with van der Waals surface area (Å²) in [4.78, 5) is 12.1. The summed E-state index contributed by atoms with van der Waals surface area (Å²) in [7, 11) is 0. The molecule has 0 saturated carbocycles. The number of carbonyl (C=O) groups is 1. The first kappa shape index (κ1) is 13.7. The van der Waals surface area contributed by atoms with Gasteiger partial charge in [0.25, 0.3) is 5.91 Å². The zero-order chi connectivity index (χ0) is 15.0. The molecule has 1 aliphatic heterocycles. The van der Waals surface area contributed by atoms with E-state index in [1.165, 1.54) is 0 Å². The molecule has 0 aromatic heterocycles. The maximum Gasteiger partial charge on any atom is 0.251 e. The van der Waals surface area contributed by atoms with E-state index in [0.29, 0.717) is 5.56 Å². The molecule has 0 fully saturated rings. The highest BCUT2D eigenvalue weighted by Gasteiger charge is 2.30. The zero-order valence-corrected chi connectivity index (χ0v) is 12.9. The molecule has 2 N–H and O–H groups in total. The largest absolute Gasteiger partial charge is 0.369 e. The van der Waals surface area contributed by atoms with Gasteiger partial charge in [-0.1, -0.05) is 17.7 Å². The first-order valence-electron chi connectivity index (χ1n) is 6.46. The number of rotatable bonds is 2. The smallest absolute Gasteiger partial charge is 0.251 e. The molecule has 0 bridgehead atoms. The summed E-state index contributed by atoms with van der Waals surface area (Å²) < 4.78 is 0.760. The Labute approximate surface area is 130 Å². The predicted octanol–water partition coefficient (Wildman–Crippen LogP) is 3.73. The Morgan fingerprint density at radius 2 is 2.10 bits per heavy atom. The van der Waals surface area contributed by atoms with Gasteiger partial charge in [0.15, 0.2) is 0 Å². The SMILES string of the molecule is Cc1ccc2c(c1)C(Nc1ccc(C#N)cc1Br)C(=O)N2. The van der Waals surface area contributed by atoms with Crippen LogP contribution in [-0.2, 0) is 4.79 Å². The van der Waals surface area contributed by atoms with Gasteiger partial charge in [0.05, 0.1) is 11.6 Å². The number of nitrogens with zero attached hydrogens (tertiary/aromatic N) is 1. The van der Waals surface area contributed by atoms with Gasteiger partial charge in [-0.25, -0.2) is 0 Å². The maximum absolute atomic E-state index is 12.1. The second-order valence-electron chi connectivity index (χ2n) is 4.96. The van der Waals surface area contributed by atoms with Crippen LogP contribution in [0.2, 0.25) is 0 Å². The van der Waals surface area contributed by atoms with Gasteiger partial charge in [0.2, 0.25) is 0 Å². The van der Waals surface area contributed by atoms with Gasteiger partial charge in [-0.3, -0.25) is 4.79 Å². The van der Waals surface area contributed by atoms with E-state index in [-0.39, 0.29) is 5.91 Å². The lowest BCUT2D eigenvalue weighted by atomic mass is 10.0. The second kappa shape index (κ2) is 5.23. The van der Waals surface area contributed by atoms with Gasteiger partial charge >= 0.3 is 0 Å². The summed E-state index contributed by atoms with van der Waals surface area (Å²) in [5.41, 5.74) is 4.24. The van der Waals surface area contributed by atoms with Crippen LogP contribution in [-0.4, -0.2) is 5.91 Å². The molecule has 104 valence electrons. The Morgan fingerprint density at radius 3 is 2.81 bits per heavy atom. The number of fused-ring (bicyclic) bond motifs is 1. The minimum absolute atomic E-state index is 0.0770. The summed E-state index contributed by atoms with van der Waals surface area (Å²) in [5, 5.41) is 15.0. The third kappa shape index (κ3) is 2.50. The van der Waals surface area contributed by atoms with E-state index in [1.807, 2.05) is 25.1 Å². The lowest BCUT2D eigenvalue weighted by Crippen LogP contribution is -2.19. The molecule has 1 atom stereocenters. The maximum atomic E-state index is 12.1. The number of benzene rings is 2. The summed E-state index contributed by atoms with van der Waals surface area (Å²) in [6, 6.07) is 12.8. The molecule has 0 aliphatic carbocycles. The first-order chi connectivity index (χ1) is 10.1. The molecule has 1 amide bonds. The van der Waals surface area contributed by atoms with Crippen LogP contribution in [0.1, 0.15) is 22.7 Å². The molecule has 0 saturated heterocycles. The summed E-state index contributed by atoms with van der Waals surface area (Å²) in [5.74, 6) is -0.0770. The van der Waals surface area contributed by atoms with Crippen molar-refractivity contribution >= 4 is 33.2 Å². The van der Waals surface area contributed by atoms with Crippen LogP contribution in [0.4, 0.5) is 11.4 Å². The van der Waals surface area contributed by atoms with E-state index >= 15 is 0 Å². The minimum atomic E-state index is -0.427. The number of hydrogen-bond donors (Lipinski definition) is 2. The van der Waals surface area contributed by atoms with Crippen molar-refractivity contribution in [2.45, 2.75) is 13.0 Å². The molecule has 1 aliphatic rings. The van der Waals surface area contributed by atoms with Crippen molar-refractivity contribution in [2.75, 3.05) is 10.6 Å². The molecule has 0 radical (unpaired) electrons. The van der Waals surface area contributed by atoms with E-state index in [4.69, 9.17) is 5.26 Å². The average Bonchev–Trinajstić information content (AvgIpc) is 2.77. The molecule has 0 spiro atoms. The average molecular weight is 342 g/mol. The van der Waals surface area contributed by atoms with Crippen molar-refractivity contribution in [3.63, 3.8) is 0 Å². The quantitative estimate of drug-likeness (QED) is 0.874. The number of nitrogens with one attached hydrogen (secondary N) is 2. The highest BCUT2D eigenvalue weighted by Crippen LogP contribution is 2.35. The van der Waals surface area contributed by atoms with E-state index in [1.54, 1.807) is 18.2 Å². The predicted molar refractivity (Wildman–Crippen MR) is 85.0 cm³/mol. The van der Waals surface area contributed by atoms with Gasteiger partial charge in [-0.05, 0) is 47.1 Å². The Kier molecular flexibility index (Phi) is 3.40. The normalized spacial score (nSPS) is 16.0. The third-order valence-electron chi connectivity index (χ3n) is 3.44. The molecule has 2 aromatic rings. The fourth-order valence-electron chi connectivity index (χ4n) is 2.38. The van der Waals surface area contributed by atoms with Crippen LogP contribution in [0.5, 0.6) is 0 Å². The van der Waals surface area contributed by atoms with Crippen LogP contribution in [0.15, 0.2) is 40.9 Å². The number of anilines is 2. The summed E-state index contributed by atoms with van der Waals surface area (Å²) >= 11 is 3.42. The Morgan fingerprint density at radius 1 is 1.29 bits per heavy atom. The number of hydrogen-bond acceptors (Lipinski definition) is 3. The third-order valence-corrected chi connectivity index (χ3v) is 4.09. The lowest BCUT2D eigenvalue weighted by Gasteiger charge is -2.15. The standard InChI is InChI=1S/C16H12BrN3O/c1-9-2-4-13-11(6-9)15(16(21)20-13)19-14-5-3-10(8-18)7-12(14)17/h2-7,15,19H,1H3,(H,20,21). The molecule has 21 heavy (non-hydrogen) atoms. The van der Waals surface area contributed by atoms with Gasteiger partial charge in [-0.2, -0.15) is 5.26 Å². The monoisotopic (exact) mass is 341 g/mol. The van der Waals surface area contributed by atoms with Crippen molar-refractivity contribution in [1.29, 1.82) is 5.26 Å². The number of amides is 1. The topological polar surface area (TPSA) is 64.9 Å². The van der Waals surface area contributed by atoms with Crippen LogP contribution >= 0.6 is 15.9 Å². The molecule has 3 rings (SSSR count). The first-order valence-corrected chi connectivity index (χ1v) is 7.25. The van der Waals surface area contributed by atoms with Crippen molar-refractivity contribution in [1.82, 2.24) is 0 Å². The Hall–Kier alpha value is -2.32. The van der Waals surface area contributed by atoms with Crippen LogP contribution in [0.25, 0.3) is 0 Å². The van der Waals surface area contributed by atoms with Gasteiger partial charge in [-0.15, -0.1) is 0 Å². The van der Waals surface area contributed by atoms with Crippen molar-refractivity contribution in [3.8, 4) is 6.07 Å². The molecular weight excluding hydrogens is 330 g/mol. The minimum Gasteiger partial charge on any atom is -0.369 e. The zero-order valence-electron chi connectivity index (χ0n) is 11.3. The summed E-state index contributed by atoms with van der Waals surface area (Å²) in [6.45, 7) is 2.00. The molecule has 1 unspecified atom stereocenters. The number of halogens is 1. The van der Waals surface area contributed by atoms with Gasteiger partial charge < -0.3 is 10.6 Å². The molecule has 2 aromatic carbocycles. The Bertz CT molecular complexity index is 780. The van der Waals surface area contributed by atoms with Crippen molar-refractivity contribution in [2.24, 2.45) is 0 Å². The lowest BCUT2D eigenvalue weighted by molar-refractivity contribution is -0.116. The highest BCUT2D eigenvalue weighted by molar-refractivity contribution is 9.10. The van der Waals surface area contributed by atoms with Crippen LogP contribution in [0.3, 0.4) is 0 Å². The Balaban J connectivity index is 1.94. The fraction of sp³-hybridized carbons (Fsp3) is 0.125. The van der Waals surface area contributed by atoms with Crippen LogP contribution in [0, 0.1) is 18.3 Å². The molecule has 5 heteroatoms. The van der Waals surface area contributed by atoms with Gasteiger partial charge in [0.1, 0.15) is 6.04 Å². The number of carbonyl (C=O) groups excluding carboxylic acids is 1. The summed E-state index contributed by atoms with van der Waals surface area (Å²) in [6.07, 6.45) is 0. The van der Waals surface area contributed by atoms with E-state index in [0.717, 1.165) is 27.0 Å². The second-order valence-corrected chi connectivity index (χ2v) is 5.82. The van der Waals surface area contributed by atoms with E-state index in [9.17, 15) is 4.79 Å². The van der Waals surface area contributed by atoms with Crippen molar-refractivity contribution < 1.29 is 4.79 Å². The molecule has 1 heterocycles. The van der Waals surface area contributed by atoms with Gasteiger partial charge in [0, 0.05) is 21.4 Å². The van der Waals surface area contributed by atoms with E-state index in [2.05, 4.69) is 32.6 Å². The van der Waals surface area contributed by atoms with Crippen LogP contribution < -0.4 is 10.6 Å². The number of nitriles is 1. The van der Waals surface area contributed by atoms with Crippen molar-refractivity contribution in [3.05, 3.63) is 57.6 Å². The number of aryl methyl sites for hydroxylation is 1. The van der Waals surface area contributed by atoms with E-state index < -0.39 is 6.04 Å². The fourth-order valence-corrected chi connectivity index (χ4v) is 2.87. The molecular formula is C16H12BrN3O.